The molecule has 5 rings (SSSR count). The molecule has 2 unspecified atom stereocenters. The van der Waals surface area contributed by atoms with Gasteiger partial charge in [-0.1, -0.05) is 41.9 Å². The lowest BCUT2D eigenvalue weighted by molar-refractivity contribution is -0.137. The fraction of sp³-hybridized carbons (Fsp3) is 0.233. The minimum atomic E-state index is -2.96. The van der Waals surface area contributed by atoms with Crippen LogP contribution >= 0.6 is 11.6 Å². The molecule has 3 atom stereocenters. The highest BCUT2D eigenvalue weighted by molar-refractivity contribution is 7.92. The van der Waals surface area contributed by atoms with E-state index in [0.29, 0.717) is 10.6 Å². The first-order valence-electron chi connectivity index (χ1n) is 13.7. The van der Waals surface area contributed by atoms with Crippen LogP contribution in [0.25, 0.3) is 22.0 Å². The third-order valence-electron chi connectivity index (χ3n) is 7.21. The van der Waals surface area contributed by atoms with Crippen molar-refractivity contribution in [3.8, 4) is 23.1 Å². The van der Waals surface area contributed by atoms with Crippen molar-refractivity contribution in [2.75, 3.05) is 24.1 Å². The Morgan fingerprint density at radius 3 is 2.65 bits per heavy atom. The number of fused-ring (bicyclic) bond motifs is 1. The molecule has 0 spiro atoms. The number of nitriles is 1. The monoisotopic (exact) mass is 669 g/mol. The molecule has 3 amide bonds. The molecular formula is C30H26ClF2N7O5S. The number of primary amides is 1. The van der Waals surface area contributed by atoms with E-state index in [9.17, 15) is 23.0 Å². The lowest BCUT2D eigenvalue weighted by Gasteiger charge is -2.24. The fourth-order valence-electron chi connectivity index (χ4n) is 5.10. The molecule has 1 fully saturated rings. The van der Waals surface area contributed by atoms with E-state index in [0.717, 1.165) is 9.58 Å². The number of nitrogens with zero attached hydrogens (tertiary/aromatic N) is 5. The first-order valence-corrected chi connectivity index (χ1v) is 16.1. The molecule has 238 valence electrons. The Bertz CT molecular complexity index is 2040. The third-order valence-corrected chi connectivity index (χ3v) is 8.57. The van der Waals surface area contributed by atoms with Gasteiger partial charge in [-0.3, -0.25) is 19.1 Å². The van der Waals surface area contributed by atoms with Crippen LogP contribution in [0.5, 0.6) is 5.75 Å². The molecular weight excluding hydrogens is 644 g/mol. The molecule has 16 heteroatoms. The van der Waals surface area contributed by atoms with Crippen molar-refractivity contribution in [2.24, 2.45) is 10.1 Å². The average molecular weight is 670 g/mol. The Hall–Kier alpha value is -5.07. The smallest absolute Gasteiger partial charge is 0.269 e. The number of carbonyl (C=O) groups excluding carboxylic acids is 3. The predicted molar refractivity (Wildman–Crippen MR) is 166 cm³/mol. The topological polar surface area (TPSA) is 173 Å². The van der Waals surface area contributed by atoms with Gasteiger partial charge >= 0.3 is 0 Å². The zero-order valence-corrected chi connectivity index (χ0v) is 25.7. The van der Waals surface area contributed by atoms with Gasteiger partial charge in [-0.25, -0.2) is 13.0 Å². The SMILES string of the molecule is CS(=O)(COc1ccc2c(C(N)=O)nn(CC(=O)N3C[C@H](F)CC3C(=O)Nc3cccc(-c4ccccc4Cl)c3F)c2c1)=NC#N. The molecule has 0 saturated carbocycles. The number of nitrogens with two attached hydrogens (primary N) is 1. The highest BCUT2D eigenvalue weighted by Crippen LogP contribution is 2.33. The molecule has 46 heavy (non-hydrogen) atoms. The van der Waals surface area contributed by atoms with Crippen molar-refractivity contribution in [3.63, 3.8) is 0 Å². The van der Waals surface area contributed by atoms with Crippen LogP contribution in [-0.2, 0) is 25.9 Å². The summed E-state index contributed by atoms with van der Waals surface area (Å²) in [6, 6.07) is 14.1. The fourth-order valence-corrected chi connectivity index (χ4v) is 5.91. The average Bonchev–Trinajstić information content (AvgIpc) is 3.58. The van der Waals surface area contributed by atoms with E-state index in [1.807, 2.05) is 0 Å². The number of amides is 3. The Balaban J connectivity index is 1.38. The standard InChI is InChI=1S/C30H26ClF2N7O5S/c1-46(44,36-15-34)16-45-18-9-10-21-24(12-18)40(38-28(21)29(35)42)14-26(41)39-13-17(32)11-25(39)30(43)37-23-8-4-6-20(27(23)33)19-5-2-3-7-22(19)31/h2-10,12,17,25H,11,13-14,16H2,1H3,(H2,35,42)(H,37,43)/t17-,25?,46?/m1/s1. The number of halogens is 3. The van der Waals surface area contributed by atoms with Gasteiger partial charge in [0, 0.05) is 40.3 Å². The van der Waals surface area contributed by atoms with Crippen LogP contribution in [0.2, 0.25) is 5.02 Å². The molecule has 0 radical (unpaired) electrons. The number of ether oxygens (including phenoxy) is 1. The number of hydrogen-bond donors (Lipinski definition) is 2. The minimum Gasteiger partial charge on any atom is -0.479 e. The van der Waals surface area contributed by atoms with E-state index in [-0.39, 0.29) is 40.0 Å². The van der Waals surface area contributed by atoms with Crippen LogP contribution in [-0.4, -0.2) is 67.6 Å². The summed E-state index contributed by atoms with van der Waals surface area (Å²) in [4.78, 5) is 40.0. The minimum absolute atomic E-state index is 0.144. The van der Waals surface area contributed by atoms with E-state index < -0.39 is 64.5 Å². The van der Waals surface area contributed by atoms with Gasteiger partial charge in [0.15, 0.2) is 17.5 Å². The second-order valence-corrected chi connectivity index (χ2v) is 13.2. The number of hydrogen-bond acceptors (Lipinski definition) is 8. The number of anilines is 1. The highest BCUT2D eigenvalue weighted by Gasteiger charge is 2.40. The van der Waals surface area contributed by atoms with Gasteiger partial charge < -0.3 is 20.7 Å². The van der Waals surface area contributed by atoms with Gasteiger partial charge in [-0.2, -0.15) is 10.4 Å². The largest absolute Gasteiger partial charge is 0.479 e. The van der Waals surface area contributed by atoms with Crippen molar-refractivity contribution in [1.29, 1.82) is 5.26 Å². The summed E-state index contributed by atoms with van der Waals surface area (Å²) < 4.78 is 52.4. The number of nitrogens with one attached hydrogen (secondary N) is 1. The summed E-state index contributed by atoms with van der Waals surface area (Å²) in [5, 5.41) is 15.9. The molecule has 1 saturated heterocycles. The Kier molecular flexibility index (Phi) is 9.22. The Morgan fingerprint density at radius 2 is 1.93 bits per heavy atom. The molecule has 0 bridgehead atoms. The van der Waals surface area contributed by atoms with E-state index in [4.69, 9.17) is 27.3 Å². The summed E-state index contributed by atoms with van der Waals surface area (Å²) in [5.41, 5.74) is 5.95. The van der Waals surface area contributed by atoms with Crippen LogP contribution in [0.15, 0.2) is 65.0 Å². The molecule has 1 aliphatic heterocycles. The first kappa shape index (κ1) is 32.3. The molecule has 3 N–H and O–H groups in total. The highest BCUT2D eigenvalue weighted by atomic mass is 35.5. The normalized spacial score (nSPS) is 17.2. The molecule has 2 heterocycles. The van der Waals surface area contributed by atoms with Crippen molar-refractivity contribution >= 4 is 55.6 Å². The second-order valence-electron chi connectivity index (χ2n) is 10.5. The lowest BCUT2D eigenvalue weighted by atomic mass is 10.0. The maximum atomic E-state index is 15.5. The number of likely N-dealkylation sites (tertiary alicyclic amines) is 1. The van der Waals surface area contributed by atoms with Crippen LogP contribution < -0.4 is 15.8 Å². The number of aromatic nitrogens is 2. The summed E-state index contributed by atoms with van der Waals surface area (Å²) in [7, 11) is -2.96. The van der Waals surface area contributed by atoms with Crippen molar-refractivity contribution < 1.29 is 32.1 Å². The Labute approximate surface area is 266 Å². The molecule has 4 aromatic rings. The van der Waals surface area contributed by atoms with Gasteiger partial charge in [-0.15, -0.1) is 4.36 Å². The zero-order chi connectivity index (χ0) is 33.2. The van der Waals surface area contributed by atoms with Gasteiger partial charge in [0.1, 0.15) is 24.5 Å². The number of benzene rings is 3. The van der Waals surface area contributed by atoms with Gasteiger partial charge in [0.2, 0.25) is 18.0 Å². The summed E-state index contributed by atoms with van der Waals surface area (Å²) >= 11 is 6.23. The lowest BCUT2D eigenvalue weighted by Crippen LogP contribution is -2.44. The van der Waals surface area contributed by atoms with Gasteiger partial charge in [-0.05, 0) is 24.3 Å². The summed E-state index contributed by atoms with van der Waals surface area (Å²) in [6.07, 6.45) is 0.864. The van der Waals surface area contributed by atoms with E-state index >= 15 is 4.39 Å². The number of carbonyl (C=O) groups is 3. The van der Waals surface area contributed by atoms with Crippen LogP contribution in [0.1, 0.15) is 16.9 Å². The summed E-state index contributed by atoms with van der Waals surface area (Å²) in [6.45, 7) is -0.920. The van der Waals surface area contributed by atoms with Gasteiger partial charge in [0.25, 0.3) is 5.91 Å². The van der Waals surface area contributed by atoms with Gasteiger partial charge in [0.05, 0.1) is 27.5 Å². The quantitative estimate of drug-likeness (QED) is 0.253. The van der Waals surface area contributed by atoms with Crippen LogP contribution in [0.3, 0.4) is 0 Å². The number of alkyl halides is 1. The van der Waals surface area contributed by atoms with Crippen molar-refractivity contribution in [3.05, 3.63) is 77.2 Å². The van der Waals surface area contributed by atoms with Crippen LogP contribution in [0.4, 0.5) is 14.5 Å². The summed E-state index contributed by atoms with van der Waals surface area (Å²) in [5.74, 6) is -3.38. The Morgan fingerprint density at radius 1 is 1.20 bits per heavy atom. The predicted octanol–water partition coefficient (Wildman–Crippen LogP) is 4.09. The van der Waals surface area contributed by atoms with E-state index in [1.165, 1.54) is 48.8 Å². The first-order chi connectivity index (χ1) is 21.9. The van der Waals surface area contributed by atoms with Crippen molar-refractivity contribution in [2.45, 2.75) is 25.2 Å². The maximum absolute atomic E-state index is 15.5. The third kappa shape index (κ3) is 6.77. The van der Waals surface area contributed by atoms with E-state index in [1.54, 1.807) is 24.3 Å². The molecule has 1 aliphatic rings. The second kappa shape index (κ2) is 13.1. The molecule has 1 aromatic heterocycles. The molecule has 12 nitrogen and oxygen atoms in total. The van der Waals surface area contributed by atoms with Crippen LogP contribution in [0, 0.1) is 17.3 Å². The van der Waals surface area contributed by atoms with E-state index in [2.05, 4.69) is 14.8 Å². The molecule has 0 aliphatic carbocycles. The molecule has 3 aromatic carbocycles. The maximum Gasteiger partial charge on any atom is 0.269 e. The number of rotatable bonds is 9. The zero-order valence-electron chi connectivity index (χ0n) is 24.2. The van der Waals surface area contributed by atoms with Crippen molar-refractivity contribution in [1.82, 2.24) is 14.7 Å².